The molecule has 5 nitrogen and oxygen atoms in total. The van der Waals surface area contributed by atoms with Crippen LogP contribution >= 0.6 is 0 Å². The molecule has 0 aromatic heterocycles. The summed E-state index contributed by atoms with van der Waals surface area (Å²) in [6.07, 6.45) is 10.9. The van der Waals surface area contributed by atoms with Crippen molar-refractivity contribution in [3.63, 3.8) is 0 Å². The summed E-state index contributed by atoms with van der Waals surface area (Å²) in [5, 5.41) is 0. The molecular formula is C26H44O5. The molecule has 0 aromatic carbocycles. The lowest BCUT2D eigenvalue weighted by Gasteiger charge is -2.32. The SMILES string of the molecule is CC(C)(C)CC1(C(=O)OC2CCCC(C(=O)OCOCC3CCCCC3)C2)CC1(C)C. The van der Waals surface area contributed by atoms with Crippen LogP contribution in [0.1, 0.15) is 105 Å². The maximum atomic E-state index is 13.2. The van der Waals surface area contributed by atoms with E-state index in [1.54, 1.807) is 0 Å². The Morgan fingerprint density at radius 2 is 1.65 bits per heavy atom. The minimum absolute atomic E-state index is 0.0139. The smallest absolute Gasteiger partial charge is 0.312 e. The third kappa shape index (κ3) is 6.46. The number of carbonyl (C=O) groups excluding carboxylic acids is 2. The monoisotopic (exact) mass is 436 g/mol. The van der Waals surface area contributed by atoms with Gasteiger partial charge in [0.25, 0.3) is 0 Å². The molecule has 0 saturated heterocycles. The molecule has 0 aromatic rings. The maximum Gasteiger partial charge on any atom is 0.312 e. The van der Waals surface area contributed by atoms with Crippen molar-refractivity contribution in [3.8, 4) is 0 Å². The van der Waals surface area contributed by atoms with Crippen LogP contribution in [0, 0.1) is 28.1 Å². The Hall–Kier alpha value is -1.10. The zero-order valence-electron chi connectivity index (χ0n) is 20.5. The van der Waals surface area contributed by atoms with Crippen molar-refractivity contribution in [2.75, 3.05) is 13.4 Å². The summed E-state index contributed by atoms with van der Waals surface area (Å²) in [7, 11) is 0. The first kappa shape index (κ1) is 24.5. The lowest BCUT2D eigenvalue weighted by molar-refractivity contribution is -0.170. The van der Waals surface area contributed by atoms with Crippen LogP contribution in [-0.2, 0) is 23.8 Å². The van der Waals surface area contributed by atoms with Gasteiger partial charge in [0, 0.05) is 0 Å². The van der Waals surface area contributed by atoms with Crippen LogP contribution in [0.4, 0.5) is 0 Å². The second kappa shape index (κ2) is 9.80. The van der Waals surface area contributed by atoms with Gasteiger partial charge < -0.3 is 14.2 Å². The van der Waals surface area contributed by atoms with Crippen LogP contribution in [0.2, 0.25) is 0 Å². The average molecular weight is 437 g/mol. The number of hydrogen-bond acceptors (Lipinski definition) is 5. The van der Waals surface area contributed by atoms with Gasteiger partial charge in [0.05, 0.1) is 17.9 Å². The van der Waals surface area contributed by atoms with Crippen LogP contribution in [0.15, 0.2) is 0 Å². The van der Waals surface area contributed by atoms with E-state index in [1.165, 1.54) is 32.1 Å². The van der Waals surface area contributed by atoms with Gasteiger partial charge in [0.2, 0.25) is 0 Å². The van der Waals surface area contributed by atoms with Crippen molar-refractivity contribution in [3.05, 3.63) is 0 Å². The van der Waals surface area contributed by atoms with E-state index in [9.17, 15) is 9.59 Å². The van der Waals surface area contributed by atoms with Gasteiger partial charge in [-0.3, -0.25) is 9.59 Å². The molecule has 0 N–H and O–H groups in total. The minimum Gasteiger partial charge on any atom is -0.462 e. The van der Waals surface area contributed by atoms with Gasteiger partial charge in [-0.1, -0.05) is 53.9 Å². The molecule has 0 radical (unpaired) electrons. The summed E-state index contributed by atoms with van der Waals surface area (Å²) in [6, 6.07) is 0. The summed E-state index contributed by atoms with van der Waals surface area (Å²) in [5.41, 5.74) is -0.324. The predicted octanol–water partition coefficient (Wildman–Crippen LogP) is 6.04. The van der Waals surface area contributed by atoms with Crippen molar-refractivity contribution in [1.29, 1.82) is 0 Å². The summed E-state index contributed by atoms with van der Waals surface area (Å²) in [5.74, 6) is 0.136. The topological polar surface area (TPSA) is 61.8 Å². The molecular weight excluding hydrogens is 392 g/mol. The zero-order chi connectivity index (χ0) is 22.7. The molecule has 0 amide bonds. The average Bonchev–Trinajstić information content (AvgIpc) is 3.25. The van der Waals surface area contributed by atoms with Crippen molar-refractivity contribution in [1.82, 2.24) is 0 Å². The van der Waals surface area contributed by atoms with Gasteiger partial charge in [-0.25, -0.2) is 0 Å². The van der Waals surface area contributed by atoms with Crippen LogP contribution in [0.25, 0.3) is 0 Å². The summed E-state index contributed by atoms with van der Waals surface area (Å²) in [6.45, 7) is 11.6. The Labute approximate surface area is 189 Å². The first-order chi connectivity index (χ1) is 14.5. The second-order valence-electron chi connectivity index (χ2n) is 12.2. The van der Waals surface area contributed by atoms with E-state index in [2.05, 4.69) is 34.6 Å². The second-order valence-corrected chi connectivity index (χ2v) is 12.2. The molecule has 0 bridgehead atoms. The van der Waals surface area contributed by atoms with Crippen molar-refractivity contribution < 1.29 is 23.8 Å². The van der Waals surface area contributed by atoms with E-state index >= 15 is 0 Å². The van der Waals surface area contributed by atoms with Crippen LogP contribution in [0.5, 0.6) is 0 Å². The fraction of sp³-hybridized carbons (Fsp3) is 0.923. The van der Waals surface area contributed by atoms with E-state index in [-0.39, 0.29) is 47.0 Å². The Balaban J connectivity index is 1.43. The first-order valence-electron chi connectivity index (χ1n) is 12.5. The highest BCUT2D eigenvalue weighted by atomic mass is 16.7. The molecule has 3 aliphatic carbocycles. The molecule has 178 valence electrons. The van der Waals surface area contributed by atoms with Crippen LogP contribution < -0.4 is 0 Å². The predicted molar refractivity (Wildman–Crippen MR) is 120 cm³/mol. The van der Waals surface area contributed by atoms with Crippen LogP contribution in [0.3, 0.4) is 0 Å². The Kier molecular flexibility index (Phi) is 7.76. The van der Waals surface area contributed by atoms with E-state index < -0.39 is 0 Å². The van der Waals surface area contributed by atoms with Gasteiger partial charge in [-0.05, 0) is 68.1 Å². The van der Waals surface area contributed by atoms with Gasteiger partial charge in [-0.15, -0.1) is 0 Å². The van der Waals surface area contributed by atoms with Crippen molar-refractivity contribution >= 4 is 11.9 Å². The number of ether oxygens (including phenoxy) is 3. The summed E-state index contributed by atoms with van der Waals surface area (Å²) in [4.78, 5) is 25.7. The number of carbonyl (C=O) groups is 2. The van der Waals surface area contributed by atoms with Crippen molar-refractivity contribution in [2.45, 2.75) is 111 Å². The Bertz CT molecular complexity index is 628. The number of hydrogen-bond donors (Lipinski definition) is 0. The standard InChI is InChI=1S/C26H44O5/c1-24(2,3)16-26(17-25(26,4)5)23(28)31-21-13-9-12-20(14-21)22(27)30-18-29-15-19-10-7-6-8-11-19/h19-21H,6-18H2,1-5H3. The van der Waals surface area contributed by atoms with E-state index in [0.29, 0.717) is 18.9 Å². The van der Waals surface area contributed by atoms with E-state index in [1.807, 2.05) is 0 Å². The molecule has 31 heavy (non-hydrogen) atoms. The maximum absolute atomic E-state index is 13.2. The van der Waals surface area contributed by atoms with Gasteiger partial charge in [0.15, 0.2) is 6.79 Å². The zero-order valence-corrected chi connectivity index (χ0v) is 20.5. The molecule has 3 saturated carbocycles. The lowest BCUT2D eigenvalue weighted by atomic mass is 9.79. The summed E-state index contributed by atoms with van der Waals surface area (Å²) >= 11 is 0. The normalized spacial score (nSPS) is 31.1. The third-order valence-corrected chi connectivity index (χ3v) is 7.73. The number of esters is 2. The molecule has 0 aliphatic heterocycles. The first-order valence-corrected chi connectivity index (χ1v) is 12.5. The molecule has 0 heterocycles. The van der Waals surface area contributed by atoms with Crippen molar-refractivity contribution in [2.24, 2.45) is 28.1 Å². The largest absolute Gasteiger partial charge is 0.462 e. The Morgan fingerprint density at radius 3 is 2.26 bits per heavy atom. The molecule has 3 unspecified atom stereocenters. The highest BCUT2D eigenvalue weighted by Crippen LogP contribution is 2.68. The highest BCUT2D eigenvalue weighted by molar-refractivity contribution is 5.82. The van der Waals surface area contributed by atoms with Gasteiger partial charge in [0.1, 0.15) is 6.10 Å². The van der Waals surface area contributed by atoms with E-state index in [4.69, 9.17) is 14.2 Å². The Morgan fingerprint density at radius 1 is 0.968 bits per heavy atom. The fourth-order valence-electron chi connectivity index (χ4n) is 5.85. The highest BCUT2D eigenvalue weighted by Gasteiger charge is 2.68. The van der Waals surface area contributed by atoms with E-state index in [0.717, 1.165) is 32.1 Å². The molecule has 3 aliphatic rings. The minimum atomic E-state index is -0.383. The van der Waals surface area contributed by atoms with Crippen LogP contribution in [-0.4, -0.2) is 31.4 Å². The third-order valence-electron chi connectivity index (χ3n) is 7.73. The molecule has 0 spiro atoms. The molecule has 3 atom stereocenters. The lowest BCUT2D eigenvalue weighted by Crippen LogP contribution is -2.35. The number of rotatable bonds is 8. The fourth-order valence-corrected chi connectivity index (χ4v) is 5.85. The quantitative estimate of drug-likeness (QED) is 0.264. The van der Waals surface area contributed by atoms with Gasteiger partial charge >= 0.3 is 11.9 Å². The summed E-state index contributed by atoms with van der Waals surface area (Å²) < 4.78 is 17.0. The van der Waals surface area contributed by atoms with Gasteiger partial charge in [-0.2, -0.15) is 0 Å². The molecule has 3 fully saturated rings. The molecule has 3 rings (SSSR count). The molecule has 5 heteroatoms.